The molecule has 0 bridgehead atoms. The Bertz CT molecular complexity index is 1480. The third-order valence-corrected chi connectivity index (χ3v) is 7.37. The number of rotatable bonds is 7. The van der Waals surface area contributed by atoms with Crippen molar-refractivity contribution in [2.75, 3.05) is 47.0 Å². The SMILES string of the molecule is CCS(=O)(=O)Nc1ccc2[nH]c(-c3ccc(C(=O)Nc4ccc(N5CCOCC5)cc4)cc3)nc2c1. The minimum absolute atomic E-state index is 0.00345. The molecule has 186 valence electrons. The van der Waals surface area contributed by atoms with E-state index in [-0.39, 0.29) is 11.7 Å². The number of carbonyl (C=O) groups is 1. The normalized spacial score (nSPS) is 14.1. The number of carbonyl (C=O) groups excluding carboxylic acids is 1. The Balaban J connectivity index is 1.26. The number of aromatic nitrogens is 2. The van der Waals surface area contributed by atoms with Crippen molar-refractivity contribution in [1.82, 2.24) is 9.97 Å². The van der Waals surface area contributed by atoms with Gasteiger partial charge in [-0.1, -0.05) is 12.1 Å². The van der Waals surface area contributed by atoms with E-state index in [0.717, 1.165) is 48.8 Å². The molecular formula is C26H27N5O4S. The summed E-state index contributed by atoms with van der Waals surface area (Å²) in [6.07, 6.45) is 0. The van der Waals surface area contributed by atoms with E-state index in [4.69, 9.17) is 4.74 Å². The number of imidazole rings is 1. The van der Waals surface area contributed by atoms with E-state index in [1.807, 2.05) is 36.4 Å². The number of nitrogens with one attached hydrogen (secondary N) is 3. The average molecular weight is 506 g/mol. The zero-order valence-electron chi connectivity index (χ0n) is 19.8. The maximum atomic E-state index is 12.7. The van der Waals surface area contributed by atoms with Crippen molar-refractivity contribution >= 4 is 44.0 Å². The molecule has 1 aliphatic heterocycles. The average Bonchev–Trinajstić information content (AvgIpc) is 3.33. The monoisotopic (exact) mass is 505 g/mol. The van der Waals surface area contributed by atoms with Crippen molar-refractivity contribution in [3.63, 3.8) is 0 Å². The van der Waals surface area contributed by atoms with Crippen LogP contribution < -0.4 is 14.9 Å². The van der Waals surface area contributed by atoms with Crippen molar-refractivity contribution < 1.29 is 17.9 Å². The van der Waals surface area contributed by atoms with Crippen molar-refractivity contribution in [3.05, 3.63) is 72.3 Å². The lowest BCUT2D eigenvalue weighted by atomic mass is 10.1. The molecule has 3 aromatic carbocycles. The summed E-state index contributed by atoms with van der Waals surface area (Å²) in [7, 11) is -3.36. The number of nitrogens with zero attached hydrogens (tertiary/aromatic N) is 2. The zero-order chi connectivity index (χ0) is 25.1. The van der Waals surface area contributed by atoms with Crippen LogP contribution in [0.5, 0.6) is 0 Å². The fraction of sp³-hybridized carbons (Fsp3) is 0.231. The van der Waals surface area contributed by atoms with E-state index in [1.54, 1.807) is 37.3 Å². The van der Waals surface area contributed by atoms with E-state index in [2.05, 4.69) is 24.9 Å². The Morgan fingerprint density at radius 1 is 1.00 bits per heavy atom. The van der Waals surface area contributed by atoms with E-state index >= 15 is 0 Å². The van der Waals surface area contributed by atoms with Crippen LogP contribution in [0.4, 0.5) is 17.1 Å². The summed E-state index contributed by atoms with van der Waals surface area (Å²) < 4.78 is 31.6. The highest BCUT2D eigenvalue weighted by molar-refractivity contribution is 7.92. The molecule has 0 unspecified atom stereocenters. The van der Waals surface area contributed by atoms with Gasteiger partial charge in [-0.15, -0.1) is 0 Å². The van der Waals surface area contributed by atoms with Crippen molar-refractivity contribution in [1.29, 1.82) is 0 Å². The van der Waals surface area contributed by atoms with Gasteiger partial charge in [-0.05, 0) is 61.5 Å². The molecule has 1 amide bonds. The number of hydrogen-bond donors (Lipinski definition) is 3. The molecule has 0 spiro atoms. The van der Waals surface area contributed by atoms with Crippen LogP contribution in [0.25, 0.3) is 22.4 Å². The Labute approximate surface area is 209 Å². The summed E-state index contributed by atoms with van der Waals surface area (Å²) in [4.78, 5) is 22.8. The number of aromatic amines is 1. The van der Waals surface area contributed by atoms with Gasteiger partial charge in [0.15, 0.2) is 0 Å². The maximum Gasteiger partial charge on any atom is 0.255 e. The molecule has 3 N–H and O–H groups in total. The standard InChI is InChI=1S/C26H27N5O4S/c1-2-36(33,34)30-21-9-12-23-24(17-21)29-25(28-23)18-3-5-19(6-4-18)26(32)27-20-7-10-22(11-8-20)31-13-15-35-16-14-31/h3-12,17,30H,2,13-16H2,1H3,(H,27,32)(H,28,29). The Morgan fingerprint density at radius 2 is 1.69 bits per heavy atom. The zero-order valence-corrected chi connectivity index (χ0v) is 20.6. The summed E-state index contributed by atoms with van der Waals surface area (Å²) in [5, 5.41) is 2.94. The first kappa shape index (κ1) is 23.8. The van der Waals surface area contributed by atoms with Gasteiger partial charge < -0.3 is 19.9 Å². The molecule has 1 fully saturated rings. The van der Waals surface area contributed by atoms with Gasteiger partial charge in [0.05, 0.1) is 35.7 Å². The smallest absolute Gasteiger partial charge is 0.255 e. The second-order valence-electron chi connectivity index (χ2n) is 8.50. The molecule has 4 aromatic rings. The minimum Gasteiger partial charge on any atom is -0.378 e. The largest absolute Gasteiger partial charge is 0.378 e. The number of anilines is 3. The number of H-pyrrole nitrogens is 1. The molecular weight excluding hydrogens is 478 g/mol. The number of benzene rings is 3. The van der Waals surface area contributed by atoms with Crippen LogP contribution in [0.1, 0.15) is 17.3 Å². The number of fused-ring (bicyclic) bond motifs is 1. The number of morpholine rings is 1. The number of sulfonamides is 1. The summed E-state index contributed by atoms with van der Waals surface area (Å²) in [5.41, 5.74) is 5.08. The van der Waals surface area contributed by atoms with Gasteiger partial charge in [-0.2, -0.15) is 0 Å². The summed E-state index contributed by atoms with van der Waals surface area (Å²) in [6, 6.07) is 20.1. The van der Waals surface area contributed by atoms with Crippen molar-refractivity contribution in [3.8, 4) is 11.4 Å². The van der Waals surface area contributed by atoms with Gasteiger partial charge >= 0.3 is 0 Å². The number of hydrogen-bond acceptors (Lipinski definition) is 6. The highest BCUT2D eigenvalue weighted by Gasteiger charge is 2.13. The fourth-order valence-electron chi connectivity index (χ4n) is 4.02. The topological polar surface area (TPSA) is 116 Å². The van der Waals surface area contributed by atoms with Crippen LogP contribution >= 0.6 is 0 Å². The lowest BCUT2D eigenvalue weighted by molar-refractivity contribution is 0.102. The Kier molecular flexibility index (Phi) is 6.62. The van der Waals surface area contributed by atoms with Crippen molar-refractivity contribution in [2.45, 2.75) is 6.92 Å². The molecule has 0 atom stereocenters. The molecule has 9 nitrogen and oxygen atoms in total. The second-order valence-corrected chi connectivity index (χ2v) is 10.5. The van der Waals surface area contributed by atoms with E-state index in [1.165, 1.54) is 0 Å². The molecule has 2 heterocycles. The molecule has 5 rings (SSSR count). The lowest BCUT2D eigenvalue weighted by Crippen LogP contribution is -2.36. The Morgan fingerprint density at radius 3 is 2.39 bits per heavy atom. The quantitative estimate of drug-likeness (QED) is 0.349. The van der Waals surface area contributed by atoms with Gasteiger partial charge in [0.2, 0.25) is 10.0 Å². The van der Waals surface area contributed by atoms with Crippen LogP contribution in [-0.2, 0) is 14.8 Å². The first-order valence-corrected chi connectivity index (χ1v) is 13.4. The highest BCUT2D eigenvalue weighted by Crippen LogP contribution is 2.24. The maximum absolute atomic E-state index is 12.7. The van der Waals surface area contributed by atoms with Crippen LogP contribution in [0, 0.1) is 0 Å². The van der Waals surface area contributed by atoms with E-state index < -0.39 is 10.0 Å². The minimum atomic E-state index is -3.36. The summed E-state index contributed by atoms with van der Waals surface area (Å²) in [5.74, 6) is 0.431. The molecule has 0 radical (unpaired) electrons. The first-order valence-electron chi connectivity index (χ1n) is 11.7. The highest BCUT2D eigenvalue weighted by atomic mass is 32.2. The molecule has 1 aromatic heterocycles. The second kappa shape index (κ2) is 10.00. The van der Waals surface area contributed by atoms with Crippen molar-refractivity contribution in [2.24, 2.45) is 0 Å². The third-order valence-electron chi connectivity index (χ3n) is 6.06. The molecule has 1 aliphatic rings. The molecule has 10 heteroatoms. The molecule has 0 aliphatic carbocycles. The van der Waals surface area contributed by atoms with E-state index in [0.29, 0.717) is 22.6 Å². The van der Waals surface area contributed by atoms with Crippen LogP contribution in [-0.4, -0.2) is 56.3 Å². The summed E-state index contributed by atoms with van der Waals surface area (Å²) >= 11 is 0. The molecule has 1 saturated heterocycles. The van der Waals surface area contributed by atoms with Gasteiger partial charge in [0.25, 0.3) is 5.91 Å². The molecule has 36 heavy (non-hydrogen) atoms. The van der Waals surface area contributed by atoms with Gasteiger partial charge in [-0.25, -0.2) is 13.4 Å². The van der Waals surface area contributed by atoms with Gasteiger partial charge in [0.1, 0.15) is 5.82 Å². The Hall–Kier alpha value is -3.89. The molecule has 0 saturated carbocycles. The fourth-order valence-corrected chi connectivity index (χ4v) is 4.65. The predicted molar refractivity (Wildman–Crippen MR) is 142 cm³/mol. The predicted octanol–water partition coefficient (Wildman–Crippen LogP) is 4.08. The van der Waals surface area contributed by atoms with E-state index in [9.17, 15) is 13.2 Å². The van der Waals surface area contributed by atoms with Gasteiger partial charge in [-0.3, -0.25) is 9.52 Å². The van der Waals surface area contributed by atoms with Crippen LogP contribution in [0.15, 0.2) is 66.7 Å². The van der Waals surface area contributed by atoms with Crippen LogP contribution in [0.2, 0.25) is 0 Å². The van der Waals surface area contributed by atoms with Crippen LogP contribution in [0.3, 0.4) is 0 Å². The lowest BCUT2D eigenvalue weighted by Gasteiger charge is -2.28. The van der Waals surface area contributed by atoms with Gasteiger partial charge in [0, 0.05) is 35.6 Å². The number of ether oxygens (including phenoxy) is 1. The first-order chi connectivity index (χ1) is 17.4. The summed E-state index contributed by atoms with van der Waals surface area (Å²) in [6.45, 7) is 4.76. The number of amides is 1. The third kappa shape index (κ3) is 5.34.